The lowest BCUT2D eigenvalue weighted by molar-refractivity contribution is 0.0999. The van der Waals surface area contributed by atoms with Crippen molar-refractivity contribution in [2.75, 3.05) is 6.61 Å². The van der Waals surface area contributed by atoms with Crippen LogP contribution in [-0.2, 0) is 0 Å². The Labute approximate surface area is 96.7 Å². The molecular weight excluding hydrogens is 204 g/mol. The lowest BCUT2D eigenvalue weighted by Gasteiger charge is -2.16. The van der Waals surface area contributed by atoms with E-state index in [1.165, 1.54) is 0 Å². The zero-order valence-electron chi connectivity index (χ0n) is 9.89. The van der Waals surface area contributed by atoms with Crippen LogP contribution in [0.2, 0.25) is 0 Å². The second-order valence-electron chi connectivity index (χ2n) is 3.83. The van der Waals surface area contributed by atoms with Crippen LogP contribution in [0.15, 0.2) is 24.3 Å². The van der Waals surface area contributed by atoms with Crippen LogP contribution in [0, 0.1) is 0 Å². The highest BCUT2D eigenvalue weighted by Crippen LogP contribution is 2.26. The van der Waals surface area contributed by atoms with Crippen LogP contribution >= 0.6 is 0 Å². The standard InChI is InChI=1S/C13H20O3/c1-3-10(14)9-16-13-8-6-5-7-11(13)12(15)4-2/h5-8,10,12,14-15H,3-4,9H2,1-2H3/t10?,12-/m0/s1. The first-order valence-electron chi connectivity index (χ1n) is 5.76. The van der Waals surface area contributed by atoms with E-state index in [0.29, 0.717) is 18.6 Å². The molecule has 0 heterocycles. The van der Waals surface area contributed by atoms with E-state index in [2.05, 4.69) is 0 Å². The zero-order valence-corrected chi connectivity index (χ0v) is 9.89. The fourth-order valence-electron chi connectivity index (χ4n) is 1.41. The molecule has 1 aromatic rings. The molecule has 1 rings (SSSR count). The third kappa shape index (κ3) is 3.51. The van der Waals surface area contributed by atoms with Crippen LogP contribution in [0.1, 0.15) is 38.4 Å². The first-order chi connectivity index (χ1) is 7.69. The van der Waals surface area contributed by atoms with Gasteiger partial charge in [-0.3, -0.25) is 0 Å². The average molecular weight is 224 g/mol. The molecule has 0 spiro atoms. The van der Waals surface area contributed by atoms with Gasteiger partial charge in [0.1, 0.15) is 12.4 Å². The molecule has 0 radical (unpaired) electrons. The molecule has 0 bridgehead atoms. The van der Waals surface area contributed by atoms with Gasteiger partial charge < -0.3 is 14.9 Å². The highest BCUT2D eigenvalue weighted by Gasteiger charge is 2.11. The summed E-state index contributed by atoms with van der Waals surface area (Å²) in [6, 6.07) is 7.40. The number of hydrogen-bond donors (Lipinski definition) is 2. The molecule has 0 saturated carbocycles. The average Bonchev–Trinajstić information content (AvgIpc) is 2.35. The van der Waals surface area contributed by atoms with Gasteiger partial charge >= 0.3 is 0 Å². The Morgan fingerprint density at radius 2 is 1.81 bits per heavy atom. The van der Waals surface area contributed by atoms with Gasteiger partial charge in [-0.15, -0.1) is 0 Å². The summed E-state index contributed by atoms with van der Waals surface area (Å²) in [5.74, 6) is 0.657. The van der Waals surface area contributed by atoms with Crippen molar-refractivity contribution in [3.63, 3.8) is 0 Å². The summed E-state index contributed by atoms with van der Waals surface area (Å²) in [4.78, 5) is 0. The van der Waals surface area contributed by atoms with Gasteiger partial charge in [0, 0.05) is 5.56 Å². The Balaban J connectivity index is 2.71. The van der Waals surface area contributed by atoms with Crippen LogP contribution in [0.3, 0.4) is 0 Å². The van der Waals surface area contributed by atoms with Gasteiger partial charge in [0.05, 0.1) is 12.2 Å². The van der Waals surface area contributed by atoms with Crippen molar-refractivity contribution >= 4 is 0 Å². The van der Waals surface area contributed by atoms with Gasteiger partial charge in [-0.2, -0.15) is 0 Å². The Morgan fingerprint density at radius 1 is 1.12 bits per heavy atom. The van der Waals surface area contributed by atoms with E-state index < -0.39 is 12.2 Å². The maximum absolute atomic E-state index is 9.79. The van der Waals surface area contributed by atoms with Crippen LogP contribution in [-0.4, -0.2) is 22.9 Å². The highest BCUT2D eigenvalue weighted by atomic mass is 16.5. The van der Waals surface area contributed by atoms with Crippen molar-refractivity contribution in [2.45, 2.75) is 38.9 Å². The normalized spacial score (nSPS) is 14.5. The summed E-state index contributed by atoms with van der Waals surface area (Å²) in [5, 5.41) is 19.2. The summed E-state index contributed by atoms with van der Waals surface area (Å²) in [6.07, 6.45) is 0.358. The van der Waals surface area contributed by atoms with Crippen molar-refractivity contribution < 1.29 is 14.9 Å². The largest absolute Gasteiger partial charge is 0.491 e. The minimum atomic E-state index is -0.505. The second-order valence-corrected chi connectivity index (χ2v) is 3.83. The number of ether oxygens (including phenoxy) is 1. The molecule has 1 aromatic carbocycles. The number of rotatable bonds is 6. The van der Waals surface area contributed by atoms with Crippen LogP contribution in [0.25, 0.3) is 0 Å². The van der Waals surface area contributed by atoms with Gasteiger partial charge in [0.25, 0.3) is 0 Å². The third-order valence-electron chi connectivity index (χ3n) is 2.57. The quantitative estimate of drug-likeness (QED) is 0.779. The second kappa shape index (κ2) is 6.51. The van der Waals surface area contributed by atoms with E-state index in [-0.39, 0.29) is 6.61 Å². The summed E-state index contributed by atoms with van der Waals surface area (Å²) < 4.78 is 5.50. The molecular formula is C13H20O3. The molecule has 0 aliphatic heterocycles. The summed E-state index contributed by atoms with van der Waals surface area (Å²) >= 11 is 0. The van der Waals surface area contributed by atoms with Crippen molar-refractivity contribution in [3.8, 4) is 5.75 Å². The topological polar surface area (TPSA) is 49.7 Å². The first-order valence-corrected chi connectivity index (χ1v) is 5.76. The lowest BCUT2D eigenvalue weighted by atomic mass is 10.1. The summed E-state index contributed by atoms with van der Waals surface area (Å²) in [5.41, 5.74) is 0.785. The van der Waals surface area contributed by atoms with E-state index in [9.17, 15) is 10.2 Å². The number of benzene rings is 1. The van der Waals surface area contributed by atoms with E-state index >= 15 is 0 Å². The zero-order chi connectivity index (χ0) is 12.0. The molecule has 0 aliphatic rings. The van der Waals surface area contributed by atoms with Gasteiger partial charge in [-0.1, -0.05) is 32.0 Å². The SMILES string of the molecule is CCC(O)COc1ccccc1[C@@H](O)CC. The number of para-hydroxylation sites is 1. The van der Waals surface area contributed by atoms with Gasteiger partial charge in [0.15, 0.2) is 0 Å². The molecule has 3 nitrogen and oxygen atoms in total. The smallest absolute Gasteiger partial charge is 0.125 e. The molecule has 0 amide bonds. The Bertz CT molecular complexity index is 312. The van der Waals surface area contributed by atoms with Gasteiger partial charge in [-0.25, -0.2) is 0 Å². The van der Waals surface area contributed by atoms with Crippen LogP contribution < -0.4 is 4.74 Å². The third-order valence-corrected chi connectivity index (χ3v) is 2.57. The Kier molecular flexibility index (Phi) is 5.29. The maximum atomic E-state index is 9.79. The molecule has 2 N–H and O–H groups in total. The van der Waals surface area contributed by atoms with Crippen LogP contribution in [0.4, 0.5) is 0 Å². The molecule has 0 aliphatic carbocycles. The maximum Gasteiger partial charge on any atom is 0.125 e. The molecule has 0 saturated heterocycles. The highest BCUT2D eigenvalue weighted by molar-refractivity contribution is 5.35. The number of aliphatic hydroxyl groups excluding tert-OH is 2. The summed E-state index contributed by atoms with van der Waals surface area (Å²) in [7, 11) is 0. The summed E-state index contributed by atoms with van der Waals surface area (Å²) in [6.45, 7) is 4.09. The fourth-order valence-corrected chi connectivity index (χ4v) is 1.41. The molecule has 1 unspecified atom stereocenters. The minimum Gasteiger partial charge on any atom is -0.491 e. The molecule has 3 heteroatoms. The Morgan fingerprint density at radius 3 is 2.44 bits per heavy atom. The van der Waals surface area contributed by atoms with E-state index in [1.54, 1.807) is 0 Å². The van der Waals surface area contributed by atoms with E-state index in [4.69, 9.17) is 4.74 Å². The molecule has 16 heavy (non-hydrogen) atoms. The van der Waals surface area contributed by atoms with Gasteiger partial charge in [0.2, 0.25) is 0 Å². The molecule has 2 atom stereocenters. The number of hydrogen-bond acceptors (Lipinski definition) is 3. The first kappa shape index (κ1) is 13.0. The van der Waals surface area contributed by atoms with Crippen LogP contribution in [0.5, 0.6) is 5.75 Å². The predicted octanol–water partition coefficient (Wildman–Crippen LogP) is 2.28. The lowest BCUT2D eigenvalue weighted by Crippen LogP contribution is -2.17. The minimum absolute atomic E-state index is 0.268. The molecule has 0 fully saturated rings. The molecule has 90 valence electrons. The van der Waals surface area contributed by atoms with Crippen molar-refractivity contribution in [3.05, 3.63) is 29.8 Å². The van der Waals surface area contributed by atoms with E-state index in [1.807, 2.05) is 38.1 Å². The predicted molar refractivity (Wildman–Crippen MR) is 63.5 cm³/mol. The molecule has 0 aromatic heterocycles. The fraction of sp³-hybridized carbons (Fsp3) is 0.538. The van der Waals surface area contributed by atoms with Crippen molar-refractivity contribution in [1.82, 2.24) is 0 Å². The number of aliphatic hydroxyl groups is 2. The van der Waals surface area contributed by atoms with Gasteiger partial charge in [-0.05, 0) is 18.9 Å². The van der Waals surface area contributed by atoms with E-state index in [0.717, 1.165) is 5.56 Å². The Hall–Kier alpha value is -1.06. The monoisotopic (exact) mass is 224 g/mol. The van der Waals surface area contributed by atoms with Crippen molar-refractivity contribution in [2.24, 2.45) is 0 Å². The van der Waals surface area contributed by atoms with Crippen molar-refractivity contribution in [1.29, 1.82) is 0 Å².